The molecule has 1 aliphatic heterocycles. The second-order valence-electron chi connectivity index (χ2n) is 5.03. The zero-order valence-electron chi connectivity index (χ0n) is 12.3. The summed E-state index contributed by atoms with van der Waals surface area (Å²) in [6.45, 7) is 1.84. The number of anilines is 2. The molecule has 0 saturated carbocycles. The molecule has 20 heavy (non-hydrogen) atoms. The van der Waals surface area contributed by atoms with Crippen molar-refractivity contribution in [2.45, 2.75) is 12.5 Å². The van der Waals surface area contributed by atoms with Gasteiger partial charge < -0.3 is 25.0 Å². The van der Waals surface area contributed by atoms with Crippen LogP contribution in [0.3, 0.4) is 0 Å². The second kappa shape index (κ2) is 5.88. The maximum absolute atomic E-state index is 11.7. The summed E-state index contributed by atoms with van der Waals surface area (Å²) in [6, 6.07) is 0.504. The van der Waals surface area contributed by atoms with Crippen LogP contribution in [0.15, 0.2) is 0 Å². The minimum absolute atomic E-state index is 0.368. The summed E-state index contributed by atoms with van der Waals surface area (Å²) in [5.74, 6) is 0.162. The standard InChI is InChI=1S/C13H21N3O3S/c1-15(2)8-5-6-16(7-8)12-10(18-3)9(14)11(20-12)13(17)19-4/h8H,5-7,14H2,1-4H3. The van der Waals surface area contributed by atoms with E-state index in [2.05, 4.69) is 23.9 Å². The molecule has 1 aromatic heterocycles. The van der Waals surface area contributed by atoms with Crippen LogP contribution in [0.4, 0.5) is 10.7 Å². The van der Waals surface area contributed by atoms with Gasteiger partial charge in [0, 0.05) is 19.1 Å². The highest BCUT2D eigenvalue weighted by Gasteiger charge is 2.31. The number of nitrogens with two attached hydrogens (primary N) is 1. The van der Waals surface area contributed by atoms with Crippen LogP contribution in [0.25, 0.3) is 0 Å². The Morgan fingerprint density at radius 2 is 2.15 bits per heavy atom. The number of likely N-dealkylation sites (N-methyl/N-ethyl adjacent to an activating group) is 1. The summed E-state index contributed by atoms with van der Waals surface area (Å²) >= 11 is 1.34. The van der Waals surface area contributed by atoms with Crippen molar-refractivity contribution in [3.05, 3.63) is 4.88 Å². The van der Waals surface area contributed by atoms with E-state index in [0.717, 1.165) is 24.5 Å². The largest absolute Gasteiger partial charge is 0.492 e. The Bertz CT molecular complexity index is 501. The molecular weight excluding hydrogens is 278 g/mol. The molecule has 1 saturated heterocycles. The first-order chi connectivity index (χ1) is 9.49. The molecule has 1 aliphatic rings. The number of carbonyl (C=O) groups is 1. The molecule has 0 radical (unpaired) electrons. The zero-order chi connectivity index (χ0) is 14.9. The smallest absolute Gasteiger partial charge is 0.350 e. The zero-order valence-corrected chi connectivity index (χ0v) is 13.1. The van der Waals surface area contributed by atoms with E-state index in [-0.39, 0.29) is 0 Å². The predicted octanol–water partition coefficient (Wildman–Crippen LogP) is 1.27. The van der Waals surface area contributed by atoms with Crippen molar-refractivity contribution in [3.8, 4) is 5.75 Å². The Morgan fingerprint density at radius 1 is 1.45 bits per heavy atom. The third-order valence-corrected chi connectivity index (χ3v) is 4.87. The molecule has 1 aromatic rings. The van der Waals surface area contributed by atoms with Crippen molar-refractivity contribution in [1.29, 1.82) is 0 Å². The van der Waals surface area contributed by atoms with Crippen LogP contribution in [-0.2, 0) is 4.74 Å². The number of esters is 1. The van der Waals surface area contributed by atoms with E-state index in [4.69, 9.17) is 15.2 Å². The number of carbonyl (C=O) groups excluding carboxylic acids is 1. The molecule has 0 bridgehead atoms. The molecular formula is C13H21N3O3S. The van der Waals surface area contributed by atoms with Gasteiger partial charge in [-0.05, 0) is 20.5 Å². The fraction of sp³-hybridized carbons (Fsp3) is 0.615. The number of nitrogen functional groups attached to an aromatic ring is 1. The molecule has 112 valence electrons. The number of hydrogen-bond acceptors (Lipinski definition) is 7. The fourth-order valence-electron chi connectivity index (χ4n) is 2.41. The van der Waals surface area contributed by atoms with Crippen LogP contribution in [-0.4, -0.2) is 58.3 Å². The van der Waals surface area contributed by atoms with Gasteiger partial charge in [-0.2, -0.15) is 0 Å². The van der Waals surface area contributed by atoms with E-state index < -0.39 is 5.97 Å². The van der Waals surface area contributed by atoms with Crippen LogP contribution in [0.2, 0.25) is 0 Å². The predicted molar refractivity (Wildman–Crippen MR) is 80.9 cm³/mol. The summed E-state index contributed by atoms with van der Waals surface area (Å²) in [4.78, 5) is 16.6. The molecule has 1 unspecified atom stereocenters. The maximum atomic E-state index is 11.7. The normalized spacial score (nSPS) is 18.6. The minimum atomic E-state index is -0.416. The van der Waals surface area contributed by atoms with E-state index in [0.29, 0.717) is 22.4 Å². The third kappa shape index (κ3) is 2.55. The highest BCUT2D eigenvalue weighted by molar-refractivity contribution is 7.19. The van der Waals surface area contributed by atoms with Gasteiger partial charge in [0.1, 0.15) is 15.6 Å². The van der Waals surface area contributed by atoms with E-state index >= 15 is 0 Å². The van der Waals surface area contributed by atoms with Gasteiger partial charge in [-0.15, -0.1) is 11.3 Å². The van der Waals surface area contributed by atoms with Crippen molar-refractivity contribution in [2.24, 2.45) is 0 Å². The Balaban J connectivity index is 2.30. The Labute approximate surface area is 123 Å². The Morgan fingerprint density at radius 3 is 2.65 bits per heavy atom. The molecule has 2 N–H and O–H groups in total. The average Bonchev–Trinajstić information content (AvgIpc) is 3.02. The lowest BCUT2D eigenvalue weighted by atomic mass is 10.2. The van der Waals surface area contributed by atoms with Crippen LogP contribution in [0, 0.1) is 0 Å². The highest BCUT2D eigenvalue weighted by atomic mass is 32.1. The summed E-state index contributed by atoms with van der Waals surface area (Å²) in [5, 5.41) is 0.912. The van der Waals surface area contributed by atoms with Crippen LogP contribution < -0.4 is 15.4 Å². The lowest BCUT2D eigenvalue weighted by molar-refractivity contribution is 0.0607. The molecule has 1 atom stereocenters. The van der Waals surface area contributed by atoms with Crippen molar-refractivity contribution >= 4 is 28.0 Å². The second-order valence-corrected chi connectivity index (χ2v) is 6.03. The van der Waals surface area contributed by atoms with E-state index in [1.165, 1.54) is 18.4 Å². The first-order valence-corrected chi connectivity index (χ1v) is 7.27. The van der Waals surface area contributed by atoms with E-state index in [1.54, 1.807) is 7.11 Å². The topological polar surface area (TPSA) is 68.0 Å². The summed E-state index contributed by atoms with van der Waals surface area (Å²) in [6.07, 6.45) is 1.08. The number of methoxy groups -OCH3 is 2. The number of thiophene rings is 1. The van der Waals surface area contributed by atoms with Crippen LogP contribution in [0.5, 0.6) is 5.75 Å². The van der Waals surface area contributed by atoms with E-state index in [1.807, 2.05) is 0 Å². The lowest BCUT2D eigenvalue weighted by Crippen LogP contribution is -2.31. The Hall–Kier alpha value is -1.47. The number of rotatable bonds is 4. The quantitative estimate of drug-likeness (QED) is 0.844. The fourth-order valence-corrected chi connectivity index (χ4v) is 3.56. The van der Waals surface area contributed by atoms with Gasteiger partial charge in [-0.3, -0.25) is 0 Å². The van der Waals surface area contributed by atoms with Crippen LogP contribution >= 0.6 is 11.3 Å². The van der Waals surface area contributed by atoms with Gasteiger partial charge in [-0.1, -0.05) is 0 Å². The molecule has 7 heteroatoms. The van der Waals surface area contributed by atoms with Gasteiger partial charge in [0.25, 0.3) is 0 Å². The molecule has 2 heterocycles. The summed E-state index contributed by atoms with van der Waals surface area (Å²) < 4.78 is 10.1. The summed E-state index contributed by atoms with van der Waals surface area (Å²) in [7, 11) is 7.08. The highest BCUT2D eigenvalue weighted by Crippen LogP contribution is 2.46. The van der Waals surface area contributed by atoms with Crippen molar-refractivity contribution in [1.82, 2.24) is 4.90 Å². The van der Waals surface area contributed by atoms with Crippen molar-refractivity contribution in [3.63, 3.8) is 0 Å². The van der Waals surface area contributed by atoms with Crippen molar-refractivity contribution < 1.29 is 14.3 Å². The number of ether oxygens (including phenoxy) is 2. The monoisotopic (exact) mass is 299 g/mol. The first-order valence-electron chi connectivity index (χ1n) is 6.45. The molecule has 0 amide bonds. The van der Waals surface area contributed by atoms with E-state index in [9.17, 15) is 4.79 Å². The maximum Gasteiger partial charge on any atom is 0.350 e. The van der Waals surface area contributed by atoms with Crippen LogP contribution in [0.1, 0.15) is 16.1 Å². The molecule has 0 spiro atoms. The lowest BCUT2D eigenvalue weighted by Gasteiger charge is -2.21. The third-order valence-electron chi connectivity index (χ3n) is 3.64. The molecule has 6 nitrogen and oxygen atoms in total. The number of nitrogens with zero attached hydrogens (tertiary/aromatic N) is 2. The Kier molecular flexibility index (Phi) is 4.39. The average molecular weight is 299 g/mol. The number of hydrogen-bond donors (Lipinski definition) is 1. The summed E-state index contributed by atoms with van der Waals surface area (Å²) in [5.41, 5.74) is 6.37. The molecule has 1 fully saturated rings. The van der Waals surface area contributed by atoms with Gasteiger partial charge >= 0.3 is 5.97 Å². The van der Waals surface area contributed by atoms with Crippen molar-refractivity contribution in [2.75, 3.05) is 52.0 Å². The van der Waals surface area contributed by atoms with Gasteiger partial charge in [0.2, 0.25) is 0 Å². The van der Waals surface area contributed by atoms with Gasteiger partial charge in [0.15, 0.2) is 5.75 Å². The molecule has 2 rings (SSSR count). The molecule has 0 aromatic carbocycles. The van der Waals surface area contributed by atoms with Gasteiger partial charge in [0.05, 0.1) is 14.2 Å². The first kappa shape index (κ1) is 14.9. The minimum Gasteiger partial charge on any atom is -0.492 e. The van der Waals surface area contributed by atoms with Gasteiger partial charge in [-0.25, -0.2) is 4.79 Å². The SMILES string of the molecule is COC(=O)c1sc(N2CCC(N(C)C)C2)c(OC)c1N. The molecule has 0 aliphatic carbocycles.